The molecule has 0 bridgehead atoms. The van der Waals surface area contributed by atoms with Gasteiger partial charge in [-0.3, -0.25) is 0 Å². The zero-order valence-electron chi connectivity index (χ0n) is 13.0. The molecule has 22 heavy (non-hydrogen) atoms. The number of thiocarbonyl (C=S) groups is 1. The first-order chi connectivity index (χ1) is 10.6. The first-order valence-corrected chi connectivity index (χ1v) is 7.94. The molecule has 2 N–H and O–H groups in total. The summed E-state index contributed by atoms with van der Waals surface area (Å²) in [5, 5.41) is 7.38. The molecule has 0 amide bonds. The Bertz CT molecular complexity index is 639. The van der Waals surface area contributed by atoms with Crippen LogP contribution in [0.3, 0.4) is 0 Å². The lowest BCUT2D eigenvalue weighted by Gasteiger charge is -2.17. The summed E-state index contributed by atoms with van der Waals surface area (Å²) in [6.45, 7) is 0. The minimum absolute atomic E-state index is 0.387. The molecular weight excluding hydrogens is 290 g/mol. The van der Waals surface area contributed by atoms with Crippen molar-refractivity contribution in [2.75, 3.05) is 24.3 Å². The second-order valence-corrected chi connectivity index (χ2v) is 6.32. The quantitative estimate of drug-likeness (QED) is 0.851. The van der Waals surface area contributed by atoms with Gasteiger partial charge in [-0.15, -0.1) is 0 Å². The number of hydrogen-bond donors (Lipinski definition) is 2. The normalized spacial score (nSPS) is 13.5. The molecule has 3 nitrogen and oxygen atoms in total. The van der Waals surface area contributed by atoms with E-state index in [0.717, 1.165) is 18.5 Å². The molecule has 0 fully saturated rings. The lowest BCUT2D eigenvalue weighted by Crippen LogP contribution is -2.38. The second kappa shape index (κ2) is 6.36. The number of rotatable bonds is 3. The number of nitrogens with one attached hydrogen (secondary N) is 2. The molecule has 0 saturated carbocycles. The molecule has 2 aromatic rings. The average Bonchev–Trinajstić information content (AvgIpc) is 2.89. The van der Waals surface area contributed by atoms with Gasteiger partial charge in [0.05, 0.1) is 0 Å². The van der Waals surface area contributed by atoms with Crippen molar-refractivity contribution in [2.24, 2.45) is 0 Å². The summed E-state index contributed by atoms with van der Waals surface area (Å²) in [6.07, 6.45) is 2.08. The Balaban J connectivity index is 1.55. The van der Waals surface area contributed by atoms with E-state index in [1.165, 1.54) is 16.8 Å². The highest BCUT2D eigenvalue weighted by atomic mass is 32.1. The van der Waals surface area contributed by atoms with Gasteiger partial charge in [-0.25, -0.2) is 0 Å². The van der Waals surface area contributed by atoms with Crippen LogP contribution >= 0.6 is 12.2 Å². The maximum Gasteiger partial charge on any atom is 0.171 e. The molecule has 0 saturated heterocycles. The minimum atomic E-state index is 0.387. The van der Waals surface area contributed by atoms with Crippen LogP contribution in [0.5, 0.6) is 0 Å². The molecule has 0 aliphatic heterocycles. The van der Waals surface area contributed by atoms with Gasteiger partial charge in [0.1, 0.15) is 0 Å². The SMILES string of the molecule is CN(C)c1ccc(NC(=S)NC2Cc3ccccc3C2)cc1. The summed E-state index contributed by atoms with van der Waals surface area (Å²) in [6, 6.07) is 17.2. The highest BCUT2D eigenvalue weighted by Crippen LogP contribution is 2.22. The van der Waals surface area contributed by atoms with Gasteiger partial charge in [0.25, 0.3) is 0 Å². The van der Waals surface area contributed by atoms with Gasteiger partial charge >= 0.3 is 0 Å². The molecule has 114 valence electrons. The second-order valence-electron chi connectivity index (χ2n) is 5.91. The Morgan fingerprint density at radius 2 is 1.59 bits per heavy atom. The van der Waals surface area contributed by atoms with Crippen molar-refractivity contribution in [1.82, 2.24) is 5.32 Å². The van der Waals surface area contributed by atoms with Gasteiger partial charge < -0.3 is 15.5 Å². The van der Waals surface area contributed by atoms with Crippen LogP contribution in [0.4, 0.5) is 11.4 Å². The molecule has 0 heterocycles. The Labute approximate surface area is 137 Å². The summed E-state index contributed by atoms with van der Waals surface area (Å²) in [5.74, 6) is 0. The van der Waals surface area contributed by atoms with Crippen molar-refractivity contribution in [3.8, 4) is 0 Å². The predicted octanol–water partition coefficient (Wildman–Crippen LogP) is 3.21. The van der Waals surface area contributed by atoms with Crippen molar-refractivity contribution < 1.29 is 0 Å². The first-order valence-electron chi connectivity index (χ1n) is 7.53. The molecule has 2 aromatic carbocycles. The molecule has 4 heteroatoms. The van der Waals surface area contributed by atoms with E-state index in [0.29, 0.717) is 11.2 Å². The Kier molecular flexibility index (Phi) is 4.29. The molecule has 0 atom stereocenters. The third-order valence-corrected chi connectivity index (χ3v) is 4.25. The Morgan fingerprint density at radius 3 is 2.14 bits per heavy atom. The molecule has 1 aliphatic carbocycles. The van der Waals surface area contributed by atoms with Gasteiger partial charge in [0.15, 0.2) is 5.11 Å². The third kappa shape index (κ3) is 3.39. The fourth-order valence-electron chi connectivity index (χ4n) is 2.86. The van der Waals surface area contributed by atoms with Crippen molar-refractivity contribution >= 4 is 28.7 Å². The summed E-state index contributed by atoms with van der Waals surface area (Å²) >= 11 is 5.44. The molecule has 0 spiro atoms. The standard InChI is InChI=1S/C18H21N3S/c1-21(2)17-9-7-15(8-10-17)19-18(22)20-16-11-13-5-3-4-6-14(13)12-16/h3-10,16H,11-12H2,1-2H3,(H2,19,20,22). The lowest BCUT2D eigenvalue weighted by molar-refractivity contribution is 0.648. The largest absolute Gasteiger partial charge is 0.378 e. The van der Waals surface area contributed by atoms with Crippen LogP contribution in [0.15, 0.2) is 48.5 Å². The van der Waals surface area contributed by atoms with E-state index < -0.39 is 0 Å². The van der Waals surface area contributed by atoms with Crippen molar-refractivity contribution in [2.45, 2.75) is 18.9 Å². The number of fused-ring (bicyclic) bond motifs is 1. The minimum Gasteiger partial charge on any atom is -0.378 e. The zero-order chi connectivity index (χ0) is 15.5. The molecule has 0 unspecified atom stereocenters. The maximum absolute atomic E-state index is 5.44. The van der Waals surface area contributed by atoms with Crippen LogP contribution in [0, 0.1) is 0 Å². The first kappa shape index (κ1) is 14.9. The molecule has 0 aromatic heterocycles. The topological polar surface area (TPSA) is 27.3 Å². The lowest BCUT2D eigenvalue weighted by atomic mass is 10.1. The predicted molar refractivity (Wildman–Crippen MR) is 97.8 cm³/mol. The van der Waals surface area contributed by atoms with Crippen molar-refractivity contribution in [3.63, 3.8) is 0 Å². The number of hydrogen-bond acceptors (Lipinski definition) is 2. The van der Waals surface area contributed by atoms with Crippen LogP contribution in [0.25, 0.3) is 0 Å². The van der Waals surface area contributed by atoms with E-state index in [9.17, 15) is 0 Å². The van der Waals surface area contributed by atoms with E-state index in [1.807, 2.05) is 26.2 Å². The number of nitrogens with zero attached hydrogens (tertiary/aromatic N) is 1. The van der Waals surface area contributed by atoms with Crippen LogP contribution in [0.2, 0.25) is 0 Å². The van der Waals surface area contributed by atoms with E-state index in [1.54, 1.807) is 0 Å². The molecule has 0 radical (unpaired) electrons. The summed E-state index contributed by atoms with van der Waals surface area (Å²) < 4.78 is 0. The Hall–Kier alpha value is -2.07. The van der Waals surface area contributed by atoms with Crippen LogP contribution < -0.4 is 15.5 Å². The van der Waals surface area contributed by atoms with Gasteiger partial charge in [-0.2, -0.15) is 0 Å². The molecule has 1 aliphatic rings. The van der Waals surface area contributed by atoms with Crippen LogP contribution in [-0.2, 0) is 12.8 Å². The number of anilines is 2. The molecule has 3 rings (SSSR count). The summed E-state index contributed by atoms with van der Waals surface area (Å²) in [4.78, 5) is 2.08. The molecular formula is C18H21N3S. The summed E-state index contributed by atoms with van der Waals surface area (Å²) in [7, 11) is 4.07. The zero-order valence-corrected chi connectivity index (χ0v) is 13.8. The smallest absolute Gasteiger partial charge is 0.171 e. The fourth-order valence-corrected chi connectivity index (χ4v) is 3.14. The Morgan fingerprint density at radius 1 is 1.00 bits per heavy atom. The van der Waals surface area contributed by atoms with Crippen molar-refractivity contribution in [3.05, 3.63) is 59.7 Å². The van der Waals surface area contributed by atoms with Gasteiger partial charge in [-0.1, -0.05) is 24.3 Å². The van der Waals surface area contributed by atoms with E-state index in [4.69, 9.17) is 12.2 Å². The average molecular weight is 311 g/mol. The van der Waals surface area contributed by atoms with Crippen molar-refractivity contribution in [1.29, 1.82) is 0 Å². The van der Waals surface area contributed by atoms with E-state index >= 15 is 0 Å². The van der Waals surface area contributed by atoms with E-state index in [-0.39, 0.29) is 0 Å². The van der Waals surface area contributed by atoms with Gasteiger partial charge in [0, 0.05) is 31.5 Å². The van der Waals surface area contributed by atoms with Gasteiger partial charge in [0.2, 0.25) is 0 Å². The maximum atomic E-state index is 5.44. The monoisotopic (exact) mass is 311 g/mol. The van der Waals surface area contributed by atoms with Crippen LogP contribution in [-0.4, -0.2) is 25.2 Å². The highest BCUT2D eigenvalue weighted by Gasteiger charge is 2.21. The third-order valence-electron chi connectivity index (χ3n) is 4.03. The van der Waals surface area contributed by atoms with E-state index in [2.05, 4.69) is 51.9 Å². The fraction of sp³-hybridized carbons (Fsp3) is 0.278. The summed E-state index contributed by atoms with van der Waals surface area (Å²) in [5.41, 5.74) is 5.05. The number of benzene rings is 2. The van der Waals surface area contributed by atoms with Gasteiger partial charge in [-0.05, 0) is 60.5 Å². The highest BCUT2D eigenvalue weighted by molar-refractivity contribution is 7.80. The van der Waals surface area contributed by atoms with Crippen LogP contribution in [0.1, 0.15) is 11.1 Å².